The number of rotatable bonds is 5. The van der Waals surface area contributed by atoms with Gasteiger partial charge in [0.05, 0.1) is 12.1 Å². The van der Waals surface area contributed by atoms with Crippen LogP contribution in [0.3, 0.4) is 0 Å². The van der Waals surface area contributed by atoms with Gasteiger partial charge in [-0.1, -0.05) is 32.0 Å². The van der Waals surface area contributed by atoms with Crippen LogP contribution in [0.4, 0.5) is 0 Å². The molecule has 1 N–H and O–H groups in total. The van der Waals surface area contributed by atoms with Gasteiger partial charge in [0.1, 0.15) is 11.3 Å². The van der Waals surface area contributed by atoms with Gasteiger partial charge >= 0.3 is 0 Å². The maximum Gasteiger partial charge on any atom is 0.137 e. The van der Waals surface area contributed by atoms with E-state index in [1.807, 2.05) is 0 Å². The summed E-state index contributed by atoms with van der Waals surface area (Å²) in [4.78, 5) is 0. The molecule has 1 aliphatic rings. The van der Waals surface area contributed by atoms with Gasteiger partial charge in [0, 0.05) is 17.9 Å². The third kappa shape index (κ3) is 2.72. The molecule has 3 nitrogen and oxygen atoms in total. The van der Waals surface area contributed by atoms with Gasteiger partial charge < -0.3 is 14.5 Å². The highest BCUT2D eigenvalue weighted by molar-refractivity contribution is 5.81. The molecule has 3 unspecified atom stereocenters. The van der Waals surface area contributed by atoms with Crippen LogP contribution in [0.5, 0.6) is 0 Å². The lowest BCUT2D eigenvalue weighted by molar-refractivity contribution is 0.0751. The molecule has 0 aliphatic carbocycles. The smallest absolute Gasteiger partial charge is 0.137 e. The third-order valence-corrected chi connectivity index (χ3v) is 4.58. The average molecular weight is 287 g/mol. The second-order valence-electron chi connectivity index (χ2n) is 5.95. The molecular formula is C18H25NO2. The highest BCUT2D eigenvalue weighted by Gasteiger charge is 2.35. The monoisotopic (exact) mass is 287 g/mol. The van der Waals surface area contributed by atoms with Gasteiger partial charge in [-0.25, -0.2) is 0 Å². The SMILES string of the molecule is CCNC(c1cc2cccc(C)c2o1)C1CCOC1CC. The van der Waals surface area contributed by atoms with Crippen LogP contribution in [-0.2, 0) is 4.74 Å². The summed E-state index contributed by atoms with van der Waals surface area (Å²) < 4.78 is 12.1. The number of benzene rings is 1. The number of ether oxygens (including phenoxy) is 1. The van der Waals surface area contributed by atoms with Crippen LogP contribution in [0.25, 0.3) is 11.0 Å². The predicted molar refractivity (Wildman–Crippen MR) is 85.5 cm³/mol. The molecule has 2 heterocycles. The van der Waals surface area contributed by atoms with Crippen molar-refractivity contribution in [2.24, 2.45) is 5.92 Å². The Hall–Kier alpha value is -1.32. The van der Waals surface area contributed by atoms with Crippen LogP contribution in [0.2, 0.25) is 0 Å². The molecule has 3 heteroatoms. The highest BCUT2D eigenvalue weighted by Crippen LogP contribution is 2.37. The normalized spacial score (nSPS) is 23.8. The molecule has 1 aromatic carbocycles. The van der Waals surface area contributed by atoms with Crippen LogP contribution in [0.15, 0.2) is 28.7 Å². The molecule has 114 valence electrons. The van der Waals surface area contributed by atoms with Crippen molar-refractivity contribution in [1.82, 2.24) is 5.32 Å². The Kier molecular flexibility index (Phi) is 4.32. The van der Waals surface area contributed by atoms with Crippen molar-refractivity contribution in [3.05, 3.63) is 35.6 Å². The van der Waals surface area contributed by atoms with Crippen LogP contribution in [0, 0.1) is 12.8 Å². The number of nitrogens with one attached hydrogen (secondary N) is 1. The fourth-order valence-electron chi connectivity index (χ4n) is 3.53. The molecule has 1 saturated heterocycles. The molecule has 1 fully saturated rings. The Morgan fingerprint density at radius 1 is 1.33 bits per heavy atom. The summed E-state index contributed by atoms with van der Waals surface area (Å²) in [5.41, 5.74) is 2.21. The summed E-state index contributed by atoms with van der Waals surface area (Å²) in [7, 11) is 0. The first-order valence-corrected chi connectivity index (χ1v) is 8.08. The summed E-state index contributed by atoms with van der Waals surface area (Å²) in [6, 6.07) is 8.76. The van der Waals surface area contributed by atoms with Crippen LogP contribution < -0.4 is 5.32 Å². The Morgan fingerprint density at radius 2 is 2.19 bits per heavy atom. The number of furan rings is 1. The van der Waals surface area contributed by atoms with E-state index in [0.717, 1.165) is 37.3 Å². The van der Waals surface area contributed by atoms with E-state index in [0.29, 0.717) is 12.0 Å². The molecule has 0 spiro atoms. The Bertz CT molecular complexity index is 604. The quantitative estimate of drug-likeness (QED) is 0.894. The zero-order valence-corrected chi connectivity index (χ0v) is 13.2. The van der Waals surface area contributed by atoms with E-state index in [4.69, 9.17) is 9.15 Å². The fourth-order valence-corrected chi connectivity index (χ4v) is 3.53. The van der Waals surface area contributed by atoms with E-state index in [1.165, 1.54) is 10.9 Å². The minimum atomic E-state index is 0.245. The van der Waals surface area contributed by atoms with Crippen molar-refractivity contribution in [3.8, 4) is 0 Å². The molecular weight excluding hydrogens is 262 g/mol. The van der Waals surface area contributed by atoms with E-state index in [-0.39, 0.29) is 6.04 Å². The number of hydrogen-bond acceptors (Lipinski definition) is 3. The maximum absolute atomic E-state index is 6.20. The number of aryl methyl sites for hydroxylation is 1. The summed E-state index contributed by atoms with van der Waals surface area (Å²) in [5, 5.41) is 4.81. The minimum Gasteiger partial charge on any atom is -0.459 e. The van der Waals surface area contributed by atoms with Crippen molar-refractivity contribution in [3.63, 3.8) is 0 Å². The van der Waals surface area contributed by atoms with Gasteiger partial charge in [-0.15, -0.1) is 0 Å². The molecule has 0 bridgehead atoms. The van der Waals surface area contributed by atoms with Gasteiger partial charge in [0.2, 0.25) is 0 Å². The molecule has 21 heavy (non-hydrogen) atoms. The second-order valence-corrected chi connectivity index (χ2v) is 5.95. The lowest BCUT2D eigenvalue weighted by Gasteiger charge is -2.26. The molecule has 1 aliphatic heterocycles. The number of fused-ring (bicyclic) bond motifs is 1. The molecule has 3 rings (SSSR count). The van der Waals surface area contributed by atoms with E-state index < -0.39 is 0 Å². The largest absolute Gasteiger partial charge is 0.459 e. The average Bonchev–Trinajstić information content (AvgIpc) is 3.11. The molecule has 1 aromatic heterocycles. The van der Waals surface area contributed by atoms with Gasteiger partial charge in [-0.05, 0) is 37.9 Å². The molecule has 0 amide bonds. The number of hydrogen-bond donors (Lipinski definition) is 1. The first-order valence-electron chi connectivity index (χ1n) is 8.08. The predicted octanol–water partition coefficient (Wildman–Crippen LogP) is 4.21. The topological polar surface area (TPSA) is 34.4 Å². The molecule has 3 atom stereocenters. The van der Waals surface area contributed by atoms with Gasteiger partial charge in [0.15, 0.2) is 0 Å². The summed E-state index contributed by atoms with van der Waals surface area (Å²) in [6.07, 6.45) is 2.50. The van der Waals surface area contributed by atoms with Gasteiger partial charge in [-0.2, -0.15) is 0 Å². The van der Waals surface area contributed by atoms with Crippen molar-refractivity contribution in [1.29, 1.82) is 0 Å². The maximum atomic E-state index is 6.20. The second kappa shape index (κ2) is 6.20. The van der Waals surface area contributed by atoms with Crippen LogP contribution in [0.1, 0.15) is 44.1 Å². The summed E-state index contributed by atoms with van der Waals surface area (Å²) >= 11 is 0. The Balaban J connectivity index is 1.97. The van der Waals surface area contributed by atoms with Crippen LogP contribution >= 0.6 is 0 Å². The molecule has 0 radical (unpaired) electrons. The highest BCUT2D eigenvalue weighted by atomic mass is 16.5. The zero-order chi connectivity index (χ0) is 14.8. The first-order chi connectivity index (χ1) is 10.2. The van der Waals surface area contributed by atoms with Crippen molar-refractivity contribution in [2.75, 3.05) is 13.2 Å². The Labute approximate surface area is 126 Å². The van der Waals surface area contributed by atoms with E-state index >= 15 is 0 Å². The summed E-state index contributed by atoms with van der Waals surface area (Å²) in [6.45, 7) is 8.26. The molecule has 0 saturated carbocycles. The Morgan fingerprint density at radius 3 is 2.90 bits per heavy atom. The van der Waals surface area contributed by atoms with E-state index in [2.05, 4.69) is 50.4 Å². The van der Waals surface area contributed by atoms with Crippen LogP contribution in [-0.4, -0.2) is 19.3 Å². The van der Waals surface area contributed by atoms with Crippen molar-refractivity contribution >= 4 is 11.0 Å². The fraction of sp³-hybridized carbons (Fsp3) is 0.556. The molecule has 2 aromatic rings. The lowest BCUT2D eigenvalue weighted by Crippen LogP contribution is -2.32. The van der Waals surface area contributed by atoms with Gasteiger partial charge in [-0.3, -0.25) is 0 Å². The standard InChI is InChI=1S/C18H25NO2/c1-4-15-14(9-10-20-15)17(19-5-2)16-11-13-8-6-7-12(3)18(13)21-16/h6-8,11,14-15,17,19H,4-5,9-10H2,1-3H3. The van der Waals surface area contributed by atoms with Crippen molar-refractivity contribution in [2.45, 2.75) is 45.8 Å². The first kappa shape index (κ1) is 14.6. The zero-order valence-electron chi connectivity index (χ0n) is 13.2. The van der Waals surface area contributed by atoms with E-state index in [9.17, 15) is 0 Å². The van der Waals surface area contributed by atoms with Crippen molar-refractivity contribution < 1.29 is 9.15 Å². The minimum absolute atomic E-state index is 0.245. The van der Waals surface area contributed by atoms with E-state index in [1.54, 1.807) is 0 Å². The lowest BCUT2D eigenvalue weighted by atomic mass is 9.89. The van der Waals surface area contributed by atoms with Gasteiger partial charge in [0.25, 0.3) is 0 Å². The summed E-state index contributed by atoms with van der Waals surface area (Å²) in [5.74, 6) is 1.55. The number of para-hydroxylation sites is 1. The third-order valence-electron chi connectivity index (χ3n) is 4.58.